The second-order valence-electron chi connectivity index (χ2n) is 5.52. The van der Waals surface area contributed by atoms with Crippen LogP contribution in [0.1, 0.15) is 33.6 Å². The molecule has 0 aromatic rings. The number of carbonyl (C=O) groups excluding carboxylic acids is 1. The van der Waals surface area contributed by atoms with Gasteiger partial charge >= 0.3 is 0 Å². The lowest BCUT2D eigenvalue weighted by atomic mass is 9.83. The average Bonchev–Trinajstić information content (AvgIpc) is 2.49. The molecule has 2 N–H and O–H groups in total. The van der Waals surface area contributed by atoms with Crippen LogP contribution in [-0.4, -0.2) is 34.4 Å². The molecule has 3 atom stereocenters. The molecule has 124 valence electrons. The summed E-state index contributed by atoms with van der Waals surface area (Å²) in [6, 6.07) is 0. The lowest BCUT2D eigenvalue weighted by Crippen LogP contribution is -2.46. The maximum absolute atomic E-state index is 12.3. The van der Waals surface area contributed by atoms with Crippen LogP contribution in [0.15, 0.2) is 34.3 Å². The van der Waals surface area contributed by atoms with Crippen LogP contribution in [-0.2, 0) is 20.6 Å². The number of methoxy groups -OCH3 is 1. The van der Waals surface area contributed by atoms with Crippen molar-refractivity contribution in [2.45, 2.75) is 39.2 Å². The zero-order valence-electron chi connectivity index (χ0n) is 13.8. The van der Waals surface area contributed by atoms with Crippen molar-refractivity contribution in [1.82, 2.24) is 5.32 Å². The van der Waals surface area contributed by atoms with Gasteiger partial charge in [0.1, 0.15) is 5.92 Å². The predicted molar refractivity (Wildman–Crippen MR) is 88.6 cm³/mol. The highest BCUT2D eigenvalue weighted by atomic mass is 32.2. The molecule has 1 aliphatic carbocycles. The number of carbonyl (C=O) groups is 1. The quantitative estimate of drug-likeness (QED) is 0.761. The first-order valence-corrected chi connectivity index (χ1v) is 8.39. The van der Waals surface area contributed by atoms with E-state index in [9.17, 15) is 13.6 Å². The molecule has 5 nitrogen and oxygen atoms in total. The molecule has 0 bridgehead atoms. The lowest BCUT2D eigenvalue weighted by Gasteiger charge is -2.34. The Morgan fingerprint density at radius 1 is 1.55 bits per heavy atom. The summed E-state index contributed by atoms with van der Waals surface area (Å²) < 4.78 is 27.1. The predicted octanol–water partition coefficient (Wildman–Crippen LogP) is 2.55. The van der Waals surface area contributed by atoms with Gasteiger partial charge in [0.25, 0.3) is 0 Å². The third kappa shape index (κ3) is 3.94. The summed E-state index contributed by atoms with van der Waals surface area (Å²) in [6.07, 6.45) is 7.07. The first kappa shape index (κ1) is 18.8. The monoisotopic (exact) mass is 327 g/mol. The van der Waals surface area contributed by atoms with Crippen LogP contribution in [0.2, 0.25) is 0 Å². The van der Waals surface area contributed by atoms with E-state index in [1.807, 2.05) is 19.9 Å². The number of hydrogen-bond acceptors (Lipinski definition) is 3. The normalized spacial score (nSPS) is 27.0. The Bertz CT molecular complexity index is 550. The summed E-state index contributed by atoms with van der Waals surface area (Å²) in [5, 5.41) is 2.56. The van der Waals surface area contributed by atoms with Gasteiger partial charge < -0.3 is 14.6 Å². The number of hydrogen-bond donors (Lipinski definition) is 2. The van der Waals surface area contributed by atoms with E-state index in [4.69, 9.17) is 4.74 Å². The summed E-state index contributed by atoms with van der Waals surface area (Å²) in [5.74, 6) is -1.22. The third-order valence-electron chi connectivity index (χ3n) is 4.01. The van der Waals surface area contributed by atoms with Gasteiger partial charge in [-0.2, -0.15) is 0 Å². The van der Waals surface area contributed by atoms with Crippen molar-refractivity contribution in [3.8, 4) is 0 Å². The van der Waals surface area contributed by atoms with Crippen LogP contribution in [0.3, 0.4) is 0 Å². The SMILES string of the molecule is CCCC1=C(C)C=CC(C)(OC)C(C(=O)NC)C(S(=O)O)=C1. The molecule has 0 aliphatic heterocycles. The van der Waals surface area contributed by atoms with Gasteiger partial charge in [-0.1, -0.05) is 25.5 Å². The third-order valence-corrected chi connectivity index (χ3v) is 4.77. The summed E-state index contributed by atoms with van der Waals surface area (Å²) in [6.45, 7) is 5.73. The second kappa shape index (κ2) is 7.85. The Labute approximate surface area is 134 Å². The molecule has 0 aromatic carbocycles. The standard InChI is InChI=1S/C16H25NO4S/c1-6-7-12-10-13(22(19)20)14(15(18)17-4)16(3,21-5)9-8-11(12)2/h8-10,14H,6-7H2,1-5H3,(H,17,18)(H,19,20). The van der Waals surface area contributed by atoms with Gasteiger partial charge in [0.05, 0.1) is 10.5 Å². The molecule has 3 unspecified atom stereocenters. The van der Waals surface area contributed by atoms with Crippen molar-refractivity contribution >= 4 is 17.0 Å². The highest BCUT2D eigenvalue weighted by molar-refractivity contribution is 7.83. The molecule has 0 saturated heterocycles. The average molecular weight is 327 g/mol. The molecule has 6 heteroatoms. The first-order chi connectivity index (χ1) is 10.3. The molecule has 0 saturated carbocycles. The Morgan fingerprint density at radius 2 is 2.18 bits per heavy atom. The number of rotatable bonds is 5. The van der Waals surface area contributed by atoms with Gasteiger partial charge in [-0.15, -0.1) is 0 Å². The molecule has 1 amide bonds. The van der Waals surface area contributed by atoms with Gasteiger partial charge in [0.15, 0.2) is 11.1 Å². The molecule has 0 fully saturated rings. The van der Waals surface area contributed by atoms with E-state index in [-0.39, 0.29) is 10.8 Å². The van der Waals surface area contributed by atoms with E-state index >= 15 is 0 Å². The molecule has 1 aliphatic rings. The summed E-state index contributed by atoms with van der Waals surface area (Å²) in [5.41, 5.74) is 0.968. The molecule has 1 rings (SSSR count). The van der Waals surface area contributed by atoms with E-state index in [0.29, 0.717) is 0 Å². The highest BCUT2D eigenvalue weighted by Gasteiger charge is 2.42. The van der Waals surface area contributed by atoms with Crippen molar-refractivity contribution in [3.63, 3.8) is 0 Å². The Hall–Kier alpha value is -1.24. The van der Waals surface area contributed by atoms with E-state index in [1.165, 1.54) is 14.2 Å². The molecular formula is C16H25NO4S. The van der Waals surface area contributed by atoms with Gasteiger partial charge in [0, 0.05) is 14.2 Å². The maximum Gasteiger partial charge on any atom is 0.231 e. The van der Waals surface area contributed by atoms with Crippen molar-refractivity contribution in [2.75, 3.05) is 14.2 Å². The molecule has 0 radical (unpaired) electrons. The Kier molecular flexibility index (Phi) is 6.71. The first-order valence-electron chi connectivity index (χ1n) is 7.28. The van der Waals surface area contributed by atoms with Crippen LogP contribution in [0, 0.1) is 5.92 Å². The molecule has 0 heterocycles. The van der Waals surface area contributed by atoms with Crippen molar-refractivity contribution < 1.29 is 18.3 Å². The molecule has 0 aromatic heterocycles. The Morgan fingerprint density at radius 3 is 2.64 bits per heavy atom. The van der Waals surface area contributed by atoms with Crippen LogP contribution in [0.25, 0.3) is 0 Å². The molecular weight excluding hydrogens is 302 g/mol. The number of allylic oxidation sites excluding steroid dienone is 4. The van der Waals surface area contributed by atoms with Crippen molar-refractivity contribution in [2.24, 2.45) is 5.92 Å². The summed E-state index contributed by atoms with van der Waals surface area (Å²) in [7, 11) is 3.00. The summed E-state index contributed by atoms with van der Waals surface area (Å²) >= 11 is -2.26. The van der Waals surface area contributed by atoms with Crippen LogP contribution < -0.4 is 5.32 Å². The van der Waals surface area contributed by atoms with E-state index in [0.717, 1.165) is 24.0 Å². The van der Waals surface area contributed by atoms with E-state index in [2.05, 4.69) is 5.32 Å². The fraction of sp³-hybridized carbons (Fsp3) is 0.562. The highest BCUT2D eigenvalue weighted by Crippen LogP contribution is 2.35. The second-order valence-corrected chi connectivity index (χ2v) is 6.49. The summed E-state index contributed by atoms with van der Waals surface area (Å²) in [4.78, 5) is 12.5. The zero-order chi connectivity index (χ0) is 16.9. The van der Waals surface area contributed by atoms with Gasteiger partial charge in [-0.25, -0.2) is 4.21 Å². The van der Waals surface area contributed by atoms with Crippen molar-refractivity contribution in [3.05, 3.63) is 34.3 Å². The van der Waals surface area contributed by atoms with Crippen LogP contribution >= 0.6 is 0 Å². The minimum Gasteiger partial charge on any atom is -0.373 e. The maximum atomic E-state index is 12.3. The minimum atomic E-state index is -2.26. The lowest BCUT2D eigenvalue weighted by molar-refractivity contribution is -0.129. The van der Waals surface area contributed by atoms with Gasteiger partial charge in [-0.05, 0) is 37.5 Å². The molecule has 22 heavy (non-hydrogen) atoms. The smallest absolute Gasteiger partial charge is 0.231 e. The van der Waals surface area contributed by atoms with Crippen LogP contribution in [0.5, 0.6) is 0 Å². The van der Waals surface area contributed by atoms with Crippen molar-refractivity contribution in [1.29, 1.82) is 0 Å². The zero-order valence-corrected chi connectivity index (χ0v) is 14.6. The number of ether oxygens (including phenoxy) is 1. The van der Waals surface area contributed by atoms with Crippen LogP contribution in [0.4, 0.5) is 0 Å². The fourth-order valence-electron chi connectivity index (χ4n) is 2.55. The fourth-order valence-corrected chi connectivity index (χ4v) is 3.34. The minimum absolute atomic E-state index is 0.163. The largest absolute Gasteiger partial charge is 0.373 e. The number of amides is 1. The topological polar surface area (TPSA) is 75.6 Å². The number of nitrogens with one attached hydrogen (secondary N) is 1. The van der Waals surface area contributed by atoms with Gasteiger partial charge in [0.2, 0.25) is 5.91 Å². The van der Waals surface area contributed by atoms with E-state index in [1.54, 1.807) is 19.1 Å². The Balaban J connectivity index is 3.61. The van der Waals surface area contributed by atoms with E-state index < -0.39 is 22.6 Å². The van der Waals surface area contributed by atoms with Gasteiger partial charge in [-0.3, -0.25) is 4.79 Å². The molecule has 0 spiro atoms.